The largest absolute Gasteiger partial charge is 0.494 e. The Morgan fingerprint density at radius 2 is 0.879 bits per heavy atom. The number of unbranched alkanes of at least 4 members (excludes halogenated alkanes) is 7. The number of hydrogen-bond acceptors (Lipinski definition) is 14. The molecule has 364 valence electrons. The maximum absolute atomic E-state index is 11.4. The second kappa shape index (κ2) is 37.1. The van der Waals surface area contributed by atoms with Gasteiger partial charge >= 0.3 is 5.97 Å². The molecular formula is C52H74N2O12. The maximum atomic E-state index is 11.4. The van der Waals surface area contributed by atoms with E-state index in [4.69, 9.17) is 52.1 Å². The molecule has 0 saturated carbocycles. The van der Waals surface area contributed by atoms with E-state index in [2.05, 4.69) is 28.6 Å². The molecule has 0 spiro atoms. The van der Waals surface area contributed by atoms with Crippen LogP contribution in [0.25, 0.3) is 0 Å². The van der Waals surface area contributed by atoms with Crippen LogP contribution in [-0.4, -0.2) is 118 Å². The van der Waals surface area contributed by atoms with E-state index in [0.29, 0.717) is 127 Å². The summed E-state index contributed by atoms with van der Waals surface area (Å²) in [5, 5.41) is 8.83. The van der Waals surface area contributed by atoms with Crippen molar-refractivity contribution in [1.29, 1.82) is 0 Å². The van der Waals surface area contributed by atoms with Crippen molar-refractivity contribution >= 4 is 17.3 Å². The van der Waals surface area contributed by atoms with Crippen LogP contribution < -0.4 is 18.9 Å². The lowest BCUT2D eigenvalue weighted by Crippen LogP contribution is -2.15. The highest BCUT2D eigenvalue weighted by molar-refractivity contribution is 5.86. The van der Waals surface area contributed by atoms with E-state index in [1.54, 1.807) is 6.92 Å². The van der Waals surface area contributed by atoms with Crippen LogP contribution in [-0.2, 0) is 38.0 Å². The van der Waals surface area contributed by atoms with Gasteiger partial charge in [-0.25, -0.2) is 4.79 Å². The predicted octanol–water partition coefficient (Wildman–Crippen LogP) is 10.4. The summed E-state index contributed by atoms with van der Waals surface area (Å²) in [6.07, 6.45) is 8.85. The van der Waals surface area contributed by atoms with Gasteiger partial charge in [-0.1, -0.05) is 56.9 Å². The Morgan fingerprint density at radius 3 is 1.36 bits per heavy atom. The molecule has 3 aromatic carbocycles. The molecule has 0 aliphatic heterocycles. The van der Waals surface area contributed by atoms with Crippen molar-refractivity contribution in [3.8, 4) is 34.8 Å². The lowest BCUT2D eigenvalue weighted by Gasteiger charge is -2.18. The molecule has 3 rings (SSSR count). The molecule has 14 nitrogen and oxygen atoms in total. The van der Waals surface area contributed by atoms with Gasteiger partial charge in [0.2, 0.25) is 5.75 Å². The smallest absolute Gasteiger partial charge is 0.333 e. The van der Waals surface area contributed by atoms with Gasteiger partial charge in [0, 0.05) is 36.5 Å². The number of esters is 1. The van der Waals surface area contributed by atoms with Crippen molar-refractivity contribution in [3.05, 3.63) is 83.9 Å². The predicted molar refractivity (Wildman–Crippen MR) is 256 cm³/mol. The van der Waals surface area contributed by atoms with Crippen LogP contribution in [0.5, 0.6) is 23.0 Å². The normalized spacial score (nSPS) is 11.0. The molecule has 0 radical (unpaired) electrons. The fraction of sp³-hybridized carbons (Fsp3) is 0.558. The number of carbonyl (C=O) groups is 1. The van der Waals surface area contributed by atoms with E-state index in [1.807, 2.05) is 81.4 Å². The summed E-state index contributed by atoms with van der Waals surface area (Å²) in [4.78, 5) is 11.4. The average Bonchev–Trinajstić information content (AvgIpc) is 3.33. The number of benzene rings is 3. The van der Waals surface area contributed by atoms with Crippen LogP contribution in [0, 0.1) is 11.8 Å². The fourth-order valence-electron chi connectivity index (χ4n) is 5.95. The highest BCUT2D eigenvalue weighted by atomic mass is 16.6. The van der Waals surface area contributed by atoms with Crippen molar-refractivity contribution in [2.45, 2.75) is 79.1 Å². The van der Waals surface area contributed by atoms with Gasteiger partial charge in [0.15, 0.2) is 11.5 Å². The van der Waals surface area contributed by atoms with E-state index in [9.17, 15) is 4.79 Å². The third kappa shape index (κ3) is 26.2. The minimum absolute atomic E-state index is 0.271. The molecule has 3 aromatic rings. The van der Waals surface area contributed by atoms with Crippen molar-refractivity contribution in [1.82, 2.24) is 0 Å². The molecule has 0 aliphatic rings. The van der Waals surface area contributed by atoms with Gasteiger partial charge in [-0.2, -0.15) is 10.2 Å². The third-order valence-corrected chi connectivity index (χ3v) is 9.42. The first-order chi connectivity index (χ1) is 32.4. The molecule has 0 saturated heterocycles. The van der Waals surface area contributed by atoms with Gasteiger partial charge in [0.1, 0.15) is 25.6 Å². The first kappa shape index (κ1) is 55.3. The highest BCUT2D eigenvalue weighted by Crippen LogP contribution is 2.39. The quantitative estimate of drug-likeness (QED) is 0.0177. The Morgan fingerprint density at radius 1 is 0.470 bits per heavy atom. The Balaban J connectivity index is 1.55. The number of nitrogens with zero attached hydrogens (tertiary/aromatic N) is 2. The van der Waals surface area contributed by atoms with Crippen LogP contribution in [0.1, 0.15) is 90.2 Å². The Bertz CT molecular complexity index is 1790. The summed E-state index contributed by atoms with van der Waals surface area (Å²) in [6.45, 7) is 19.0. The second-order valence-electron chi connectivity index (χ2n) is 14.9. The Kier molecular flexibility index (Phi) is 31.1. The number of carbonyl (C=O) groups excluding carboxylic acids is 1. The van der Waals surface area contributed by atoms with E-state index in [0.717, 1.165) is 49.1 Å². The number of hydrogen-bond donors (Lipinski definition) is 0. The standard InChI is InChI=1S/C52H74N2O12/c1-6-56-29-32-59-35-38-63-49-41-45(42-50(64-39-36-60-33-30-57-7-2)51(49)65-40-37-61-34-31-58-8-3)18-17-44-19-21-46(22-20-44)53-54-47-23-25-48(26-24-47)62-27-15-13-11-9-10-12-14-16-28-66-52(55)43(4)5/h19-26,41-42H,4,6-16,27-40H2,1-3,5H3. The Hall–Kier alpha value is -5.01. The molecular weight excluding hydrogens is 845 g/mol. The van der Waals surface area contributed by atoms with E-state index in [-0.39, 0.29) is 25.8 Å². The van der Waals surface area contributed by atoms with Gasteiger partial charge in [-0.05, 0) is 101 Å². The molecule has 0 bridgehead atoms. The number of rotatable bonds is 39. The van der Waals surface area contributed by atoms with Crippen LogP contribution in [0.4, 0.5) is 11.4 Å². The molecule has 0 N–H and O–H groups in total. The van der Waals surface area contributed by atoms with Gasteiger partial charge in [-0.3, -0.25) is 0 Å². The van der Waals surface area contributed by atoms with Crippen LogP contribution in [0.2, 0.25) is 0 Å². The Labute approximate surface area is 393 Å². The zero-order valence-corrected chi connectivity index (χ0v) is 40.0. The van der Waals surface area contributed by atoms with Crippen LogP contribution >= 0.6 is 0 Å². The van der Waals surface area contributed by atoms with E-state index >= 15 is 0 Å². The zero-order valence-electron chi connectivity index (χ0n) is 40.0. The molecule has 0 heterocycles. The van der Waals surface area contributed by atoms with Crippen molar-refractivity contribution in [2.24, 2.45) is 10.2 Å². The minimum atomic E-state index is -0.303. The van der Waals surface area contributed by atoms with Gasteiger partial charge in [0.25, 0.3) is 0 Å². The minimum Gasteiger partial charge on any atom is -0.494 e. The monoisotopic (exact) mass is 919 g/mol. The molecule has 0 aromatic heterocycles. The molecule has 0 atom stereocenters. The fourth-order valence-corrected chi connectivity index (χ4v) is 5.95. The van der Waals surface area contributed by atoms with E-state index in [1.165, 1.54) is 19.3 Å². The zero-order chi connectivity index (χ0) is 47.1. The molecule has 14 heteroatoms. The van der Waals surface area contributed by atoms with Crippen LogP contribution in [0.15, 0.2) is 83.0 Å². The topological polar surface area (TPSA) is 143 Å². The number of azo groups is 1. The lowest BCUT2D eigenvalue weighted by atomic mass is 10.1. The first-order valence-electron chi connectivity index (χ1n) is 23.6. The summed E-state index contributed by atoms with van der Waals surface area (Å²) < 4.78 is 62.9. The SMILES string of the molecule is C=C(C)C(=O)OCCCCCCCCCCOc1ccc(N=Nc2ccc(C#Cc3cc(OCCOCCOCC)c(OCCOCCOCC)c(OCCOCCOCC)c3)cc2)cc1. The summed E-state index contributed by atoms with van der Waals surface area (Å²) in [5.41, 5.74) is 3.35. The molecule has 0 unspecified atom stereocenters. The summed E-state index contributed by atoms with van der Waals surface area (Å²) in [5.74, 6) is 8.40. The first-order valence-corrected chi connectivity index (χ1v) is 23.6. The van der Waals surface area contributed by atoms with Crippen LogP contribution in [0.3, 0.4) is 0 Å². The highest BCUT2D eigenvalue weighted by Gasteiger charge is 2.16. The lowest BCUT2D eigenvalue weighted by molar-refractivity contribution is -0.139. The molecule has 0 aliphatic carbocycles. The van der Waals surface area contributed by atoms with Crippen molar-refractivity contribution in [3.63, 3.8) is 0 Å². The average molecular weight is 919 g/mol. The van der Waals surface area contributed by atoms with Gasteiger partial charge < -0.3 is 52.1 Å². The third-order valence-electron chi connectivity index (χ3n) is 9.42. The van der Waals surface area contributed by atoms with Crippen molar-refractivity contribution < 1.29 is 56.9 Å². The van der Waals surface area contributed by atoms with Crippen molar-refractivity contribution in [2.75, 3.05) is 112 Å². The summed E-state index contributed by atoms with van der Waals surface area (Å²) >= 11 is 0. The molecule has 66 heavy (non-hydrogen) atoms. The molecule has 0 amide bonds. The molecule has 0 fully saturated rings. The number of ether oxygens (including phenoxy) is 11. The summed E-state index contributed by atoms with van der Waals surface area (Å²) in [7, 11) is 0. The summed E-state index contributed by atoms with van der Waals surface area (Å²) in [6, 6.07) is 18.9. The maximum Gasteiger partial charge on any atom is 0.333 e. The van der Waals surface area contributed by atoms with Gasteiger partial charge in [-0.15, -0.1) is 0 Å². The second-order valence-corrected chi connectivity index (χ2v) is 14.9. The van der Waals surface area contributed by atoms with E-state index < -0.39 is 0 Å². The van der Waals surface area contributed by atoms with Gasteiger partial charge in [0.05, 0.1) is 84.1 Å².